The second kappa shape index (κ2) is 13.3. The van der Waals surface area contributed by atoms with Crippen molar-refractivity contribution in [3.63, 3.8) is 0 Å². The first kappa shape index (κ1) is 27.5. The van der Waals surface area contributed by atoms with Gasteiger partial charge in [-0.3, -0.25) is 20.1 Å². The lowest BCUT2D eigenvalue weighted by atomic mass is 9.99. The molecule has 1 atom stereocenters. The van der Waals surface area contributed by atoms with E-state index in [2.05, 4.69) is 21.4 Å². The summed E-state index contributed by atoms with van der Waals surface area (Å²) in [6.07, 6.45) is 8.49. The number of carbonyl (C=O) groups is 1. The number of benzene rings is 2. The number of hydrogen-bond donors (Lipinski definition) is 3. The molecule has 0 radical (unpaired) electrons. The van der Waals surface area contributed by atoms with Crippen LogP contribution in [0.2, 0.25) is 5.02 Å². The third kappa shape index (κ3) is 7.06. The molecule has 2 heterocycles. The van der Waals surface area contributed by atoms with Gasteiger partial charge < -0.3 is 14.9 Å². The van der Waals surface area contributed by atoms with Gasteiger partial charge in [0.25, 0.3) is 0 Å². The molecule has 0 saturated heterocycles. The summed E-state index contributed by atoms with van der Waals surface area (Å²) in [5, 5.41) is 31.7. The zero-order valence-electron chi connectivity index (χ0n) is 20.8. The Morgan fingerprint density at radius 1 is 1.13 bits per heavy atom. The summed E-state index contributed by atoms with van der Waals surface area (Å²) in [6.45, 7) is -0.234. The van der Waals surface area contributed by atoms with Crippen LogP contribution in [0.5, 0.6) is 5.75 Å². The predicted molar refractivity (Wildman–Crippen MR) is 149 cm³/mol. The number of hydrogen-bond acceptors (Lipinski definition) is 7. The fraction of sp³-hybridized carbons (Fsp3) is 0.133. The summed E-state index contributed by atoms with van der Waals surface area (Å²) in [6, 6.07) is 19.6. The number of aliphatic hydroxyl groups is 1. The summed E-state index contributed by atoms with van der Waals surface area (Å²) in [5.74, 6) is -0.691. The van der Waals surface area contributed by atoms with Crippen LogP contribution in [-0.4, -0.2) is 38.8 Å². The van der Waals surface area contributed by atoms with Gasteiger partial charge in [-0.25, -0.2) is 0 Å². The number of nitriles is 1. The molecule has 0 spiro atoms. The number of rotatable bonds is 11. The molecule has 2 aromatic heterocycles. The number of nitrogens with one attached hydrogen (secondary N) is 1. The van der Waals surface area contributed by atoms with E-state index in [1.807, 2.05) is 36.4 Å². The van der Waals surface area contributed by atoms with Gasteiger partial charge in [0.05, 0.1) is 17.9 Å². The molecular formula is C30H25ClN4O4. The third-order valence-electron chi connectivity index (χ3n) is 5.91. The second-order valence-electron chi connectivity index (χ2n) is 8.52. The van der Waals surface area contributed by atoms with E-state index in [9.17, 15) is 20.3 Å². The van der Waals surface area contributed by atoms with Crippen LogP contribution < -0.4 is 10.1 Å². The standard InChI is InChI=1S/C30H25ClN4O4/c31-26-13-23(17-35-28(18-36)30(37)38)29(39-19-20-5-4-11-33-16-20)14-22(26)8-9-27-25(15-32)24(10-12-34-27)21-6-2-1-3-7-21/h1-14,16,28,35-36H,17-19H2,(H,37,38)/b9-8+. The maximum Gasteiger partial charge on any atom is 0.323 e. The van der Waals surface area contributed by atoms with Crippen molar-refractivity contribution in [2.24, 2.45) is 0 Å². The van der Waals surface area contributed by atoms with Crippen molar-refractivity contribution in [3.8, 4) is 22.9 Å². The summed E-state index contributed by atoms with van der Waals surface area (Å²) in [5.41, 5.74) is 4.70. The number of carboxylic acid groups (broad SMARTS) is 1. The first-order valence-corrected chi connectivity index (χ1v) is 12.4. The Hall–Kier alpha value is -4.55. The van der Waals surface area contributed by atoms with Crippen LogP contribution in [0.15, 0.2) is 79.3 Å². The number of nitrogens with zero attached hydrogens (tertiary/aromatic N) is 3. The van der Waals surface area contributed by atoms with Crippen LogP contribution in [0.3, 0.4) is 0 Å². The highest BCUT2D eigenvalue weighted by Crippen LogP contribution is 2.31. The van der Waals surface area contributed by atoms with Crippen molar-refractivity contribution in [1.29, 1.82) is 5.26 Å². The van der Waals surface area contributed by atoms with Crippen molar-refractivity contribution in [3.05, 3.63) is 112 Å². The number of aliphatic hydroxyl groups excluding tert-OH is 1. The highest BCUT2D eigenvalue weighted by atomic mass is 35.5. The largest absolute Gasteiger partial charge is 0.488 e. The van der Waals surface area contributed by atoms with Crippen LogP contribution in [0.4, 0.5) is 0 Å². The molecule has 0 aliphatic rings. The van der Waals surface area contributed by atoms with Gasteiger partial charge in [-0.1, -0.05) is 54.1 Å². The quantitative estimate of drug-likeness (QED) is 0.244. The van der Waals surface area contributed by atoms with E-state index >= 15 is 0 Å². The normalized spacial score (nSPS) is 11.7. The van der Waals surface area contributed by atoms with E-state index in [1.54, 1.807) is 55.0 Å². The average molecular weight is 541 g/mol. The summed E-state index contributed by atoms with van der Waals surface area (Å²) >= 11 is 6.60. The molecule has 1 unspecified atom stereocenters. The minimum absolute atomic E-state index is 0.100. The van der Waals surface area contributed by atoms with E-state index in [-0.39, 0.29) is 13.2 Å². The predicted octanol–water partition coefficient (Wildman–Crippen LogP) is 4.95. The van der Waals surface area contributed by atoms with Crippen molar-refractivity contribution in [2.45, 2.75) is 19.2 Å². The Kier molecular flexibility index (Phi) is 9.38. The van der Waals surface area contributed by atoms with Gasteiger partial charge in [0.15, 0.2) is 0 Å². The van der Waals surface area contributed by atoms with Crippen LogP contribution in [0.1, 0.15) is 27.9 Å². The van der Waals surface area contributed by atoms with E-state index in [1.165, 1.54) is 0 Å². The Morgan fingerprint density at radius 2 is 1.95 bits per heavy atom. The van der Waals surface area contributed by atoms with Crippen molar-refractivity contribution < 1.29 is 19.7 Å². The number of ether oxygens (including phenoxy) is 1. The Labute approximate surface area is 230 Å². The first-order valence-electron chi connectivity index (χ1n) is 12.0. The molecule has 4 rings (SSSR count). The van der Waals surface area contributed by atoms with Gasteiger partial charge in [0.2, 0.25) is 0 Å². The maximum atomic E-state index is 11.3. The van der Waals surface area contributed by atoms with Crippen molar-refractivity contribution in [1.82, 2.24) is 15.3 Å². The minimum atomic E-state index is -1.17. The van der Waals surface area contributed by atoms with Crippen LogP contribution in [0, 0.1) is 11.3 Å². The fourth-order valence-electron chi connectivity index (χ4n) is 3.87. The Bertz CT molecular complexity index is 1510. The van der Waals surface area contributed by atoms with Gasteiger partial charge in [0.1, 0.15) is 24.5 Å². The monoisotopic (exact) mass is 540 g/mol. The van der Waals surface area contributed by atoms with Crippen LogP contribution in [-0.2, 0) is 17.9 Å². The number of halogens is 1. The van der Waals surface area contributed by atoms with Gasteiger partial charge >= 0.3 is 5.97 Å². The molecule has 196 valence electrons. The van der Waals surface area contributed by atoms with Gasteiger partial charge in [0, 0.05) is 46.8 Å². The molecular weight excluding hydrogens is 516 g/mol. The Balaban J connectivity index is 1.66. The van der Waals surface area contributed by atoms with Crippen molar-refractivity contribution >= 4 is 29.7 Å². The number of pyridine rings is 2. The molecule has 8 nitrogen and oxygen atoms in total. The van der Waals surface area contributed by atoms with Gasteiger partial charge in [-0.05, 0) is 41.5 Å². The number of aromatic nitrogens is 2. The zero-order valence-corrected chi connectivity index (χ0v) is 21.5. The van der Waals surface area contributed by atoms with Crippen LogP contribution >= 0.6 is 11.6 Å². The molecule has 9 heteroatoms. The Morgan fingerprint density at radius 3 is 2.64 bits per heavy atom. The molecule has 4 aromatic rings. The van der Waals surface area contributed by atoms with E-state index in [4.69, 9.17) is 16.3 Å². The smallest absolute Gasteiger partial charge is 0.323 e. The van der Waals surface area contributed by atoms with Gasteiger partial charge in [-0.15, -0.1) is 0 Å². The topological polar surface area (TPSA) is 128 Å². The third-order valence-corrected chi connectivity index (χ3v) is 6.24. The van der Waals surface area contributed by atoms with Crippen molar-refractivity contribution in [2.75, 3.05) is 6.61 Å². The summed E-state index contributed by atoms with van der Waals surface area (Å²) < 4.78 is 6.07. The first-order chi connectivity index (χ1) is 19.0. The lowest BCUT2D eigenvalue weighted by Crippen LogP contribution is -2.39. The molecule has 3 N–H and O–H groups in total. The fourth-order valence-corrected chi connectivity index (χ4v) is 4.12. The van der Waals surface area contributed by atoms with Crippen LogP contribution in [0.25, 0.3) is 23.3 Å². The second-order valence-corrected chi connectivity index (χ2v) is 8.92. The van der Waals surface area contributed by atoms with E-state index in [0.29, 0.717) is 33.2 Å². The molecule has 0 fully saturated rings. The highest BCUT2D eigenvalue weighted by molar-refractivity contribution is 6.32. The molecule has 0 aliphatic carbocycles. The molecule has 0 bridgehead atoms. The molecule has 0 saturated carbocycles. The molecule has 39 heavy (non-hydrogen) atoms. The van der Waals surface area contributed by atoms with E-state index < -0.39 is 18.6 Å². The maximum absolute atomic E-state index is 11.3. The molecule has 0 amide bonds. The lowest BCUT2D eigenvalue weighted by molar-refractivity contribution is -0.140. The highest BCUT2D eigenvalue weighted by Gasteiger charge is 2.17. The molecule has 0 aliphatic heterocycles. The summed E-state index contributed by atoms with van der Waals surface area (Å²) in [4.78, 5) is 19.8. The number of carboxylic acids is 1. The zero-order chi connectivity index (χ0) is 27.6. The van der Waals surface area contributed by atoms with E-state index in [0.717, 1.165) is 16.7 Å². The SMILES string of the molecule is N#Cc1c(-c2ccccc2)ccnc1/C=C/c1cc(OCc2cccnc2)c(CNC(CO)C(=O)O)cc1Cl. The number of aliphatic carboxylic acids is 1. The lowest BCUT2D eigenvalue weighted by Gasteiger charge is -2.17. The summed E-state index contributed by atoms with van der Waals surface area (Å²) in [7, 11) is 0. The van der Waals surface area contributed by atoms with Gasteiger partial charge in [-0.2, -0.15) is 5.26 Å². The average Bonchev–Trinajstić information content (AvgIpc) is 2.97. The minimum Gasteiger partial charge on any atom is -0.488 e. The molecule has 2 aromatic carbocycles.